The van der Waals surface area contributed by atoms with Gasteiger partial charge in [-0.1, -0.05) is 42.5 Å². The number of fused-ring (bicyclic) bond motifs is 1. The molecule has 1 N–H and O–H groups in total. The van der Waals surface area contributed by atoms with Crippen LogP contribution in [0.3, 0.4) is 0 Å². The number of carbonyl (C=O) groups excluding carboxylic acids is 2. The van der Waals surface area contributed by atoms with Gasteiger partial charge in [0.1, 0.15) is 0 Å². The van der Waals surface area contributed by atoms with E-state index in [1.165, 1.54) is 10.8 Å². The second-order valence-electron chi connectivity index (χ2n) is 7.40. The fourth-order valence-electron chi connectivity index (χ4n) is 3.82. The molecule has 0 unspecified atom stereocenters. The summed E-state index contributed by atoms with van der Waals surface area (Å²) in [6.07, 6.45) is 5.11. The van der Waals surface area contributed by atoms with Crippen LogP contribution >= 0.6 is 0 Å². The monoisotopic (exact) mass is 376 g/mol. The van der Waals surface area contributed by atoms with Crippen LogP contribution in [0.4, 0.5) is 0 Å². The van der Waals surface area contributed by atoms with Gasteiger partial charge in [0.25, 0.3) is 0 Å². The van der Waals surface area contributed by atoms with Crippen molar-refractivity contribution in [3.8, 4) is 0 Å². The molecule has 1 aliphatic heterocycles. The number of rotatable bonds is 6. The summed E-state index contributed by atoms with van der Waals surface area (Å²) < 4.78 is 1.73. The minimum Gasteiger partial charge on any atom is -0.351 e. The van der Waals surface area contributed by atoms with Gasteiger partial charge in [-0.3, -0.25) is 14.3 Å². The average Bonchev–Trinajstić information content (AvgIpc) is 3.25. The summed E-state index contributed by atoms with van der Waals surface area (Å²) in [6, 6.07) is 14.2. The summed E-state index contributed by atoms with van der Waals surface area (Å²) in [7, 11) is 1.86. The van der Waals surface area contributed by atoms with Gasteiger partial charge in [0.05, 0.1) is 12.2 Å². The van der Waals surface area contributed by atoms with E-state index in [-0.39, 0.29) is 17.9 Å². The van der Waals surface area contributed by atoms with Crippen LogP contribution in [0.5, 0.6) is 0 Å². The van der Waals surface area contributed by atoms with Crippen LogP contribution < -0.4 is 5.32 Å². The summed E-state index contributed by atoms with van der Waals surface area (Å²) in [5.41, 5.74) is 2.17. The lowest BCUT2D eigenvalue weighted by molar-refractivity contribution is -0.128. The standard InChI is InChI=1S/C22H24N4O2/c1-25-13-16(12-23-25)9-10-21(27)24-19-11-22(28)26(15-19)14-18-7-4-6-17-5-2-3-8-20(17)18/h2-8,12-13,19H,9-11,14-15H2,1H3,(H,24,27)/t19-/m0/s1. The predicted molar refractivity (Wildman–Crippen MR) is 107 cm³/mol. The number of aromatic nitrogens is 2. The van der Waals surface area contributed by atoms with Crippen LogP contribution in [0, 0.1) is 0 Å². The van der Waals surface area contributed by atoms with Crippen LogP contribution in [-0.4, -0.2) is 39.1 Å². The lowest BCUT2D eigenvalue weighted by atomic mass is 10.0. The van der Waals surface area contributed by atoms with Crippen LogP contribution in [0.1, 0.15) is 24.0 Å². The highest BCUT2D eigenvalue weighted by Crippen LogP contribution is 2.22. The van der Waals surface area contributed by atoms with Crippen LogP contribution in [0.15, 0.2) is 54.9 Å². The minimum atomic E-state index is -0.121. The molecule has 0 bridgehead atoms. The van der Waals surface area contributed by atoms with E-state index in [0.717, 1.165) is 11.1 Å². The number of likely N-dealkylation sites (tertiary alicyclic amines) is 1. The molecule has 1 aliphatic rings. The highest BCUT2D eigenvalue weighted by atomic mass is 16.2. The Labute approximate surface area is 164 Å². The third-order valence-electron chi connectivity index (χ3n) is 5.22. The maximum atomic E-state index is 12.5. The van der Waals surface area contributed by atoms with Gasteiger partial charge >= 0.3 is 0 Å². The Morgan fingerprint density at radius 1 is 1.21 bits per heavy atom. The van der Waals surface area contributed by atoms with Crippen molar-refractivity contribution in [1.82, 2.24) is 20.0 Å². The molecule has 6 heteroatoms. The molecule has 2 aromatic carbocycles. The maximum Gasteiger partial charge on any atom is 0.225 e. The van der Waals surface area contributed by atoms with E-state index in [2.05, 4.69) is 34.7 Å². The quantitative estimate of drug-likeness (QED) is 0.718. The molecule has 1 fully saturated rings. The van der Waals surface area contributed by atoms with E-state index in [1.807, 2.05) is 36.3 Å². The summed E-state index contributed by atoms with van der Waals surface area (Å²) in [4.78, 5) is 26.6. The third kappa shape index (κ3) is 4.06. The summed E-state index contributed by atoms with van der Waals surface area (Å²) in [5.74, 6) is 0.0687. The van der Waals surface area contributed by atoms with Crippen molar-refractivity contribution in [3.63, 3.8) is 0 Å². The van der Waals surface area contributed by atoms with Crippen LogP contribution in [-0.2, 0) is 29.6 Å². The Morgan fingerprint density at radius 3 is 2.86 bits per heavy atom. The molecule has 144 valence electrons. The van der Waals surface area contributed by atoms with E-state index >= 15 is 0 Å². The smallest absolute Gasteiger partial charge is 0.225 e. The maximum absolute atomic E-state index is 12.5. The predicted octanol–water partition coefficient (Wildman–Crippen LogP) is 2.42. The molecular weight excluding hydrogens is 352 g/mol. The molecule has 1 aromatic heterocycles. The Bertz CT molecular complexity index is 1010. The van der Waals surface area contributed by atoms with Gasteiger partial charge < -0.3 is 10.2 Å². The average molecular weight is 376 g/mol. The first-order chi connectivity index (χ1) is 13.6. The first-order valence-electron chi connectivity index (χ1n) is 9.60. The van der Waals surface area contributed by atoms with E-state index in [1.54, 1.807) is 10.9 Å². The Balaban J connectivity index is 1.34. The fourth-order valence-corrected chi connectivity index (χ4v) is 3.82. The van der Waals surface area contributed by atoms with E-state index in [9.17, 15) is 9.59 Å². The van der Waals surface area contributed by atoms with Crippen molar-refractivity contribution < 1.29 is 9.59 Å². The first-order valence-corrected chi connectivity index (χ1v) is 9.60. The van der Waals surface area contributed by atoms with Gasteiger partial charge in [0.15, 0.2) is 0 Å². The SMILES string of the molecule is Cn1cc(CCC(=O)N[C@H]2CC(=O)N(Cc3cccc4ccccc34)C2)cn1. The van der Waals surface area contributed by atoms with Crippen molar-refractivity contribution in [3.05, 3.63) is 66.0 Å². The molecule has 1 atom stereocenters. The van der Waals surface area contributed by atoms with Crippen LogP contribution in [0.25, 0.3) is 10.8 Å². The third-order valence-corrected chi connectivity index (χ3v) is 5.22. The molecule has 3 aromatic rings. The number of hydrogen-bond acceptors (Lipinski definition) is 3. The normalized spacial score (nSPS) is 16.7. The second-order valence-corrected chi connectivity index (χ2v) is 7.40. The Morgan fingerprint density at radius 2 is 2.04 bits per heavy atom. The molecule has 28 heavy (non-hydrogen) atoms. The highest BCUT2D eigenvalue weighted by molar-refractivity contribution is 5.87. The number of aryl methyl sites for hydroxylation is 2. The first kappa shape index (κ1) is 18.2. The van der Waals surface area contributed by atoms with Crippen molar-refractivity contribution in [1.29, 1.82) is 0 Å². The van der Waals surface area contributed by atoms with E-state index in [4.69, 9.17) is 0 Å². The molecule has 2 amide bonds. The van der Waals surface area contributed by atoms with Gasteiger partial charge in [-0.2, -0.15) is 5.10 Å². The lowest BCUT2D eigenvalue weighted by Crippen LogP contribution is -2.37. The van der Waals surface area contributed by atoms with Gasteiger partial charge in [-0.15, -0.1) is 0 Å². The van der Waals surface area contributed by atoms with E-state index in [0.29, 0.717) is 32.4 Å². The number of carbonyl (C=O) groups is 2. The fraction of sp³-hybridized carbons (Fsp3) is 0.318. The molecule has 4 rings (SSSR count). The number of hydrogen-bond donors (Lipinski definition) is 1. The molecule has 0 spiro atoms. The van der Waals surface area contributed by atoms with Crippen molar-refractivity contribution >= 4 is 22.6 Å². The topological polar surface area (TPSA) is 67.2 Å². The van der Waals surface area contributed by atoms with Gasteiger partial charge in [-0.05, 0) is 28.3 Å². The molecule has 1 saturated heterocycles. The second kappa shape index (κ2) is 7.84. The minimum absolute atomic E-state index is 0.0198. The van der Waals surface area contributed by atoms with Crippen molar-refractivity contribution in [2.24, 2.45) is 7.05 Å². The summed E-state index contributed by atoms with van der Waals surface area (Å²) in [5, 5.41) is 9.46. The Hall–Kier alpha value is -3.15. The summed E-state index contributed by atoms with van der Waals surface area (Å²) >= 11 is 0. The molecule has 0 radical (unpaired) electrons. The zero-order valence-corrected chi connectivity index (χ0v) is 16.0. The summed E-state index contributed by atoms with van der Waals surface area (Å²) in [6.45, 7) is 1.13. The van der Waals surface area contributed by atoms with Crippen molar-refractivity contribution in [2.45, 2.75) is 31.8 Å². The highest BCUT2D eigenvalue weighted by Gasteiger charge is 2.30. The zero-order valence-electron chi connectivity index (χ0n) is 16.0. The number of nitrogens with zero attached hydrogens (tertiary/aromatic N) is 3. The number of amides is 2. The van der Waals surface area contributed by atoms with E-state index < -0.39 is 0 Å². The lowest BCUT2D eigenvalue weighted by Gasteiger charge is -2.18. The number of benzene rings is 2. The van der Waals surface area contributed by atoms with Crippen molar-refractivity contribution in [2.75, 3.05) is 6.54 Å². The largest absolute Gasteiger partial charge is 0.351 e. The molecule has 0 aliphatic carbocycles. The van der Waals surface area contributed by atoms with Gasteiger partial charge in [-0.25, -0.2) is 0 Å². The molecule has 6 nitrogen and oxygen atoms in total. The zero-order chi connectivity index (χ0) is 19.5. The number of nitrogens with one attached hydrogen (secondary N) is 1. The molecular formula is C22H24N4O2. The van der Waals surface area contributed by atoms with Gasteiger partial charge in [0.2, 0.25) is 11.8 Å². The molecule has 0 saturated carbocycles. The Kier molecular flexibility index (Phi) is 5.10. The molecule has 2 heterocycles. The van der Waals surface area contributed by atoms with Gasteiger partial charge in [0, 0.05) is 39.2 Å². The van der Waals surface area contributed by atoms with Crippen LogP contribution in [0.2, 0.25) is 0 Å².